The van der Waals surface area contributed by atoms with Crippen LogP contribution in [0.4, 0.5) is 0 Å². The van der Waals surface area contributed by atoms with Crippen molar-refractivity contribution >= 4 is 11.8 Å². The molecule has 1 heterocycles. The summed E-state index contributed by atoms with van der Waals surface area (Å²) in [6.45, 7) is 2.82. The van der Waals surface area contributed by atoms with Gasteiger partial charge in [-0.3, -0.25) is 14.6 Å². The normalized spacial score (nSPS) is 9.74. The Morgan fingerprint density at radius 3 is 2.79 bits per heavy atom. The van der Waals surface area contributed by atoms with E-state index in [2.05, 4.69) is 15.6 Å². The molecule has 0 aromatic carbocycles. The van der Waals surface area contributed by atoms with Crippen LogP contribution in [0.5, 0.6) is 5.75 Å². The second-order valence-electron chi connectivity index (χ2n) is 3.97. The molecule has 0 saturated heterocycles. The average Bonchev–Trinajstić information content (AvgIpc) is 2.41. The lowest BCUT2D eigenvalue weighted by Gasteiger charge is -2.07. The molecule has 0 spiro atoms. The Morgan fingerprint density at radius 2 is 2.11 bits per heavy atom. The molecule has 2 N–H and O–H groups in total. The van der Waals surface area contributed by atoms with E-state index in [0.29, 0.717) is 38.3 Å². The topological polar surface area (TPSA) is 80.3 Å². The number of carbonyl (C=O) groups excluding carboxylic acids is 2. The monoisotopic (exact) mass is 265 g/mol. The molecule has 0 saturated carbocycles. The van der Waals surface area contributed by atoms with Crippen molar-refractivity contribution in [3.63, 3.8) is 0 Å². The van der Waals surface area contributed by atoms with E-state index < -0.39 is 0 Å². The van der Waals surface area contributed by atoms with E-state index in [1.54, 1.807) is 18.5 Å². The quantitative estimate of drug-likeness (QED) is 0.670. The highest BCUT2D eigenvalue weighted by Gasteiger charge is 2.01. The molecule has 1 rings (SSSR count). The smallest absolute Gasteiger partial charge is 0.220 e. The number of rotatable bonds is 8. The Bertz CT molecular complexity index is 395. The molecule has 6 nitrogen and oxygen atoms in total. The molecule has 2 amide bonds. The summed E-state index contributed by atoms with van der Waals surface area (Å²) in [5, 5.41) is 5.32. The Morgan fingerprint density at radius 1 is 1.32 bits per heavy atom. The van der Waals surface area contributed by atoms with Crippen LogP contribution in [0.15, 0.2) is 24.5 Å². The summed E-state index contributed by atoms with van der Waals surface area (Å²) in [7, 11) is 0. The zero-order valence-electron chi connectivity index (χ0n) is 11.0. The average molecular weight is 265 g/mol. The second-order valence-corrected chi connectivity index (χ2v) is 3.97. The van der Waals surface area contributed by atoms with Crippen molar-refractivity contribution in [1.29, 1.82) is 0 Å². The molecule has 0 aliphatic carbocycles. The molecule has 0 aliphatic heterocycles. The van der Waals surface area contributed by atoms with Gasteiger partial charge in [0.25, 0.3) is 0 Å². The van der Waals surface area contributed by atoms with Gasteiger partial charge in [0.1, 0.15) is 5.75 Å². The van der Waals surface area contributed by atoms with Crippen LogP contribution >= 0.6 is 0 Å². The van der Waals surface area contributed by atoms with Gasteiger partial charge in [0.2, 0.25) is 11.8 Å². The van der Waals surface area contributed by atoms with E-state index >= 15 is 0 Å². The molecule has 0 aliphatic rings. The van der Waals surface area contributed by atoms with Gasteiger partial charge >= 0.3 is 0 Å². The van der Waals surface area contributed by atoms with Gasteiger partial charge in [0.15, 0.2) is 0 Å². The van der Waals surface area contributed by atoms with Crippen LogP contribution in [0.3, 0.4) is 0 Å². The second kappa shape index (κ2) is 8.91. The summed E-state index contributed by atoms with van der Waals surface area (Å²) in [6.07, 6.45) is 4.35. The predicted octanol–water partition coefficient (Wildman–Crippen LogP) is 0.493. The molecular weight excluding hydrogens is 246 g/mol. The molecule has 1 aromatic rings. The molecule has 0 radical (unpaired) electrons. The highest BCUT2D eigenvalue weighted by Crippen LogP contribution is 2.06. The first-order valence-electron chi connectivity index (χ1n) is 6.22. The summed E-state index contributed by atoms with van der Waals surface area (Å²) in [4.78, 5) is 25.9. The van der Waals surface area contributed by atoms with Gasteiger partial charge in [0, 0.05) is 32.6 Å². The van der Waals surface area contributed by atoms with E-state index in [-0.39, 0.29) is 11.8 Å². The molecule has 6 heteroatoms. The van der Waals surface area contributed by atoms with Crippen molar-refractivity contribution < 1.29 is 14.3 Å². The van der Waals surface area contributed by atoms with Crippen molar-refractivity contribution in [1.82, 2.24) is 15.6 Å². The number of nitrogens with zero attached hydrogens (tertiary/aromatic N) is 1. The minimum atomic E-state index is -0.0980. The minimum absolute atomic E-state index is 0.0415. The van der Waals surface area contributed by atoms with Gasteiger partial charge in [-0.25, -0.2) is 0 Å². The third-order valence-electron chi connectivity index (χ3n) is 2.27. The van der Waals surface area contributed by atoms with Crippen molar-refractivity contribution in [3.8, 4) is 5.75 Å². The van der Waals surface area contributed by atoms with Gasteiger partial charge < -0.3 is 15.4 Å². The maximum Gasteiger partial charge on any atom is 0.220 e. The van der Waals surface area contributed by atoms with E-state index in [4.69, 9.17) is 4.74 Å². The van der Waals surface area contributed by atoms with Crippen LogP contribution in [0, 0.1) is 0 Å². The van der Waals surface area contributed by atoms with E-state index in [1.807, 2.05) is 6.07 Å². The van der Waals surface area contributed by atoms with Gasteiger partial charge in [-0.1, -0.05) is 0 Å². The standard InChI is InChI=1S/C13H19N3O3/c1-11(17)15-7-8-16-13(18)5-3-9-19-12-4-2-6-14-10-12/h2,4,6,10H,3,5,7-9H2,1H3,(H,15,17)(H,16,18). The summed E-state index contributed by atoms with van der Waals surface area (Å²) in [6, 6.07) is 3.62. The van der Waals surface area contributed by atoms with E-state index in [1.165, 1.54) is 6.92 Å². The predicted molar refractivity (Wildman–Crippen MR) is 70.7 cm³/mol. The van der Waals surface area contributed by atoms with Crippen LogP contribution in [-0.4, -0.2) is 36.5 Å². The number of ether oxygens (including phenoxy) is 1. The van der Waals surface area contributed by atoms with Crippen LogP contribution in [0.1, 0.15) is 19.8 Å². The lowest BCUT2D eigenvalue weighted by molar-refractivity contribution is -0.122. The fourth-order valence-electron chi connectivity index (χ4n) is 1.38. The van der Waals surface area contributed by atoms with Crippen LogP contribution in [0.2, 0.25) is 0 Å². The fraction of sp³-hybridized carbons (Fsp3) is 0.462. The van der Waals surface area contributed by atoms with Crippen molar-refractivity contribution in [2.24, 2.45) is 0 Å². The highest BCUT2D eigenvalue weighted by atomic mass is 16.5. The van der Waals surface area contributed by atoms with Crippen LogP contribution in [-0.2, 0) is 9.59 Å². The molecule has 19 heavy (non-hydrogen) atoms. The molecule has 0 fully saturated rings. The number of nitrogens with one attached hydrogen (secondary N) is 2. The molecule has 0 atom stereocenters. The zero-order valence-corrected chi connectivity index (χ0v) is 11.0. The van der Waals surface area contributed by atoms with Gasteiger partial charge in [0.05, 0.1) is 12.8 Å². The first-order chi connectivity index (χ1) is 9.18. The summed E-state index contributed by atoms with van der Waals surface area (Å²) in [5.41, 5.74) is 0. The molecule has 1 aromatic heterocycles. The largest absolute Gasteiger partial charge is 0.492 e. The van der Waals surface area contributed by atoms with Crippen molar-refractivity contribution in [3.05, 3.63) is 24.5 Å². The molecule has 0 unspecified atom stereocenters. The third kappa shape index (κ3) is 7.75. The zero-order chi connectivity index (χ0) is 13.9. The van der Waals surface area contributed by atoms with E-state index in [9.17, 15) is 9.59 Å². The first kappa shape index (κ1) is 14.9. The van der Waals surface area contributed by atoms with Crippen molar-refractivity contribution in [2.45, 2.75) is 19.8 Å². The fourth-order valence-corrected chi connectivity index (χ4v) is 1.38. The number of hydrogen-bond acceptors (Lipinski definition) is 4. The van der Waals surface area contributed by atoms with Gasteiger partial charge in [-0.15, -0.1) is 0 Å². The maximum absolute atomic E-state index is 11.4. The Hall–Kier alpha value is -2.11. The Labute approximate surface area is 112 Å². The highest BCUT2D eigenvalue weighted by molar-refractivity contribution is 5.76. The number of amides is 2. The Balaban J connectivity index is 2.00. The molecule has 104 valence electrons. The molecular formula is C13H19N3O3. The van der Waals surface area contributed by atoms with Gasteiger partial charge in [-0.05, 0) is 18.6 Å². The summed E-state index contributed by atoms with van der Waals surface area (Å²) < 4.78 is 5.41. The SMILES string of the molecule is CC(=O)NCCNC(=O)CCCOc1cccnc1. The summed E-state index contributed by atoms with van der Waals surface area (Å²) in [5.74, 6) is 0.563. The number of pyridine rings is 1. The first-order valence-corrected chi connectivity index (χ1v) is 6.22. The lowest BCUT2D eigenvalue weighted by Crippen LogP contribution is -2.33. The van der Waals surface area contributed by atoms with Gasteiger partial charge in [-0.2, -0.15) is 0 Å². The van der Waals surface area contributed by atoms with Crippen LogP contribution in [0.25, 0.3) is 0 Å². The van der Waals surface area contributed by atoms with Crippen LogP contribution < -0.4 is 15.4 Å². The number of hydrogen-bond donors (Lipinski definition) is 2. The van der Waals surface area contributed by atoms with E-state index in [0.717, 1.165) is 0 Å². The number of aromatic nitrogens is 1. The maximum atomic E-state index is 11.4. The lowest BCUT2D eigenvalue weighted by atomic mass is 10.3. The summed E-state index contributed by atoms with van der Waals surface area (Å²) >= 11 is 0. The number of carbonyl (C=O) groups is 2. The third-order valence-corrected chi connectivity index (χ3v) is 2.27. The van der Waals surface area contributed by atoms with Crippen molar-refractivity contribution in [2.75, 3.05) is 19.7 Å². The Kier molecular flexibility index (Phi) is 7.01. The minimum Gasteiger partial charge on any atom is -0.492 e. The molecule has 0 bridgehead atoms.